The maximum absolute atomic E-state index is 13.9. The number of carbonyl (C=O) groups excluding carboxylic acids is 3. The van der Waals surface area contributed by atoms with E-state index in [1.54, 1.807) is 13.8 Å². The summed E-state index contributed by atoms with van der Waals surface area (Å²) in [4.78, 5) is 51.7. The molecule has 0 spiro atoms. The van der Waals surface area contributed by atoms with Gasteiger partial charge < -0.3 is 39.6 Å². The summed E-state index contributed by atoms with van der Waals surface area (Å²) in [6.45, 7) is 0.818. The molecule has 3 amide bonds. The van der Waals surface area contributed by atoms with Gasteiger partial charge in [0, 0.05) is 19.8 Å². The number of urea groups is 1. The van der Waals surface area contributed by atoms with Crippen molar-refractivity contribution in [3.05, 3.63) is 6.33 Å². The van der Waals surface area contributed by atoms with Crippen molar-refractivity contribution in [1.82, 2.24) is 34.4 Å². The van der Waals surface area contributed by atoms with Gasteiger partial charge in [-0.05, 0) is 27.7 Å². The third-order valence-corrected chi connectivity index (χ3v) is 10.6. The number of likely N-dealkylation sites (N-methyl/N-ethyl adjacent to an activating group) is 2. The number of aliphatic hydroxyl groups excluding tert-OH is 1. The Hall–Kier alpha value is -3.06. The van der Waals surface area contributed by atoms with Gasteiger partial charge in [0.2, 0.25) is 11.8 Å². The number of hydrogen-bond acceptors (Lipinski definition) is 15. The van der Waals surface area contributed by atoms with Crippen molar-refractivity contribution < 1.29 is 47.9 Å². The number of anilines is 1. The summed E-state index contributed by atoms with van der Waals surface area (Å²) in [5.41, 5.74) is 4.31. The number of nitrogens with one attached hydrogen (secondary N) is 1. The van der Waals surface area contributed by atoms with Crippen molar-refractivity contribution in [3.63, 3.8) is 0 Å². The highest BCUT2D eigenvalue weighted by Gasteiger charge is 2.43. The maximum atomic E-state index is 13.9. The smallest absolute Gasteiger partial charge is 0.327 e. The molecular formula is C24H39N8O10PS. The van der Waals surface area contributed by atoms with Crippen LogP contribution in [0.3, 0.4) is 0 Å². The molecule has 20 heteroatoms. The summed E-state index contributed by atoms with van der Waals surface area (Å²) in [6, 6.07) is -2.47. The van der Waals surface area contributed by atoms with Crippen LogP contribution in [0.4, 0.5) is 10.7 Å². The lowest BCUT2D eigenvalue weighted by atomic mass is 10.1. The summed E-state index contributed by atoms with van der Waals surface area (Å²) in [5, 5.41) is 23.5. The predicted molar refractivity (Wildman–Crippen MR) is 159 cm³/mol. The van der Waals surface area contributed by atoms with Gasteiger partial charge in [0.15, 0.2) is 17.4 Å². The van der Waals surface area contributed by atoms with Crippen molar-refractivity contribution in [2.75, 3.05) is 52.5 Å². The van der Waals surface area contributed by atoms with Crippen LogP contribution in [0.2, 0.25) is 0 Å². The van der Waals surface area contributed by atoms with Crippen LogP contribution in [0.15, 0.2) is 6.33 Å². The number of nitrogens with two attached hydrogens (primary N) is 1. The molecule has 5 N–H and O–H groups in total. The van der Waals surface area contributed by atoms with Crippen molar-refractivity contribution in [1.29, 1.82) is 0 Å². The predicted octanol–water partition coefficient (Wildman–Crippen LogP) is 0.356. The third kappa shape index (κ3) is 7.96. The normalized spacial score (nSPS) is 19.7. The molecule has 2 aromatic rings. The van der Waals surface area contributed by atoms with Crippen LogP contribution < -0.4 is 15.6 Å². The molecular weight excluding hydrogens is 623 g/mol. The van der Waals surface area contributed by atoms with Crippen molar-refractivity contribution in [3.8, 4) is 5.88 Å². The molecule has 3 rings (SSSR count). The number of rotatable bonds is 16. The lowest BCUT2D eigenvalue weighted by Crippen LogP contribution is -2.42. The average molecular weight is 663 g/mol. The highest BCUT2D eigenvalue weighted by Crippen LogP contribution is 2.57. The molecule has 1 aliphatic heterocycles. The summed E-state index contributed by atoms with van der Waals surface area (Å²) >= 11 is 0.740. The van der Waals surface area contributed by atoms with Crippen LogP contribution in [0.5, 0.6) is 5.88 Å². The molecule has 1 saturated heterocycles. The Bertz CT molecular complexity index is 1410. The number of fused-ring (bicyclic) bond motifs is 1. The summed E-state index contributed by atoms with van der Waals surface area (Å²) in [5.74, 6) is -1.29. The molecule has 1 fully saturated rings. The number of nitrogens with zero attached hydrogens (tertiary/aromatic N) is 6. The van der Waals surface area contributed by atoms with Crippen LogP contribution in [-0.4, -0.2) is 128 Å². The maximum Gasteiger partial charge on any atom is 0.327 e. The van der Waals surface area contributed by atoms with E-state index in [2.05, 4.69) is 20.0 Å². The van der Waals surface area contributed by atoms with E-state index in [9.17, 15) is 29.2 Å². The number of esters is 1. The van der Waals surface area contributed by atoms with Gasteiger partial charge in [0.1, 0.15) is 17.7 Å². The molecule has 18 nitrogen and oxygen atoms in total. The van der Waals surface area contributed by atoms with E-state index in [1.807, 2.05) is 0 Å². The Labute approximate surface area is 257 Å². The quantitative estimate of drug-likeness (QED) is 0.0822. The van der Waals surface area contributed by atoms with Crippen LogP contribution in [-0.2, 0) is 28.2 Å². The first-order valence-corrected chi connectivity index (χ1v) is 16.7. The van der Waals surface area contributed by atoms with Gasteiger partial charge in [0.25, 0.3) is 5.91 Å². The zero-order valence-corrected chi connectivity index (χ0v) is 27.2. The van der Waals surface area contributed by atoms with E-state index in [0.29, 0.717) is 0 Å². The number of amides is 3. The van der Waals surface area contributed by atoms with Gasteiger partial charge in [-0.2, -0.15) is 9.97 Å². The van der Waals surface area contributed by atoms with Crippen molar-refractivity contribution in [2.24, 2.45) is 0 Å². The van der Waals surface area contributed by atoms with Crippen LogP contribution in [0, 0.1) is 0 Å². The number of ether oxygens (including phenoxy) is 3. The summed E-state index contributed by atoms with van der Waals surface area (Å²) in [6.07, 6.45) is -0.406. The van der Waals surface area contributed by atoms with Crippen molar-refractivity contribution >= 4 is 53.1 Å². The van der Waals surface area contributed by atoms with Gasteiger partial charge in [-0.15, -0.1) is 0 Å². The molecule has 0 radical (unpaired) electrons. The zero-order chi connectivity index (χ0) is 33.0. The first-order valence-electron chi connectivity index (χ1n) is 13.5. The Morgan fingerprint density at radius 3 is 2.50 bits per heavy atom. The molecule has 5 atom stereocenters. The fourth-order valence-corrected chi connectivity index (χ4v) is 8.10. The van der Waals surface area contributed by atoms with E-state index in [0.717, 1.165) is 16.3 Å². The van der Waals surface area contributed by atoms with E-state index in [4.69, 9.17) is 24.5 Å². The number of carbonyl (C=O) groups is 3. The number of nitrogen functional groups attached to an aromatic ring is 1. The Kier molecular flexibility index (Phi) is 11.6. The number of aromatic nitrogens is 4. The summed E-state index contributed by atoms with van der Waals surface area (Å²) < 4.78 is 37.3. The molecule has 1 unspecified atom stereocenters. The molecule has 0 aromatic carbocycles. The molecule has 0 saturated carbocycles. The zero-order valence-electron chi connectivity index (χ0n) is 25.5. The first kappa shape index (κ1) is 35.4. The number of imide groups is 1. The number of hydrogen-bond donors (Lipinski definition) is 4. The highest BCUT2D eigenvalue weighted by molar-refractivity contribution is 8.56. The molecule has 0 bridgehead atoms. The SMILES string of the molecule is COc1nc(N)nc2c1ncn2[C@H](OCCO[P@@](=O)(N[C@H](C)C(=O)OC(C)C)SCC1C(=O)N(C)C(=O)N1C)[C@](C)(O)CO. The van der Waals surface area contributed by atoms with Gasteiger partial charge in [0.05, 0.1) is 39.4 Å². The fraction of sp³-hybridized carbons (Fsp3) is 0.667. The highest BCUT2D eigenvalue weighted by atomic mass is 32.7. The molecule has 0 aliphatic carbocycles. The second-order valence-corrected chi connectivity index (χ2v) is 14.7. The third-order valence-electron chi connectivity index (χ3n) is 6.46. The van der Waals surface area contributed by atoms with E-state index in [-0.39, 0.29) is 42.0 Å². The lowest BCUT2D eigenvalue weighted by molar-refractivity contribution is -0.158. The van der Waals surface area contributed by atoms with Gasteiger partial charge in [-0.1, -0.05) is 11.4 Å². The van der Waals surface area contributed by atoms with Gasteiger partial charge in [-0.25, -0.2) is 14.9 Å². The Morgan fingerprint density at radius 2 is 1.93 bits per heavy atom. The fourth-order valence-electron chi connectivity index (χ4n) is 4.12. The van der Waals surface area contributed by atoms with Gasteiger partial charge >= 0.3 is 18.7 Å². The Morgan fingerprint density at radius 1 is 1.25 bits per heavy atom. The minimum absolute atomic E-state index is 0.0883. The van der Waals surface area contributed by atoms with Crippen LogP contribution in [0.1, 0.15) is 33.9 Å². The second kappa shape index (κ2) is 14.4. The van der Waals surface area contributed by atoms with Crippen LogP contribution >= 0.6 is 18.1 Å². The summed E-state index contributed by atoms with van der Waals surface area (Å²) in [7, 11) is 4.17. The van der Waals surface area contributed by atoms with Crippen molar-refractivity contribution in [2.45, 2.75) is 57.7 Å². The number of imidazole rings is 1. The second-order valence-electron chi connectivity index (χ2n) is 10.4. The van der Waals surface area contributed by atoms with Crippen LogP contribution in [0.25, 0.3) is 11.2 Å². The minimum Gasteiger partial charge on any atom is -0.479 e. The monoisotopic (exact) mass is 662 g/mol. The number of methoxy groups -OCH3 is 1. The van der Waals surface area contributed by atoms with E-state index in [1.165, 1.54) is 50.8 Å². The van der Waals surface area contributed by atoms with E-state index >= 15 is 0 Å². The molecule has 2 aromatic heterocycles. The van der Waals surface area contributed by atoms with E-state index < -0.39 is 61.3 Å². The molecule has 3 heterocycles. The minimum atomic E-state index is -3.95. The molecule has 246 valence electrons. The number of aliphatic hydroxyl groups is 2. The standard InChI is InChI=1S/C24H39N8O10PS/c1-13(2)42-20(35)14(3)29-43(38,44-10-15-19(34)31(6)23(36)30(15)5)41-9-8-40-21(24(4,37)11-33)32-12-26-16-17(32)27-22(25)28-18(16)39-7/h12-15,21,33,37H,8-11H2,1-7H3,(H,29,38)(H2,25,27,28)/t14-,15?,21-,24-,43+/m1/s1. The average Bonchev–Trinajstić information content (AvgIpc) is 3.45. The topological polar surface area (TPSA) is 234 Å². The Balaban J connectivity index is 1.79. The molecule has 1 aliphatic rings. The first-order chi connectivity index (χ1) is 20.5. The van der Waals surface area contributed by atoms with Gasteiger partial charge in [-0.3, -0.25) is 23.6 Å². The lowest BCUT2D eigenvalue weighted by Gasteiger charge is -2.32. The largest absolute Gasteiger partial charge is 0.479 e. The molecule has 44 heavy (non-hydrogen) atoms.